The minimum Gasteiger partial charge on any atom is -0.465 e. The first kappa shape index (κ1) is 16.4. The van der Waals surface area contributed by atoms with Gasteiger partial charge in [0, 0.05) is 6.07 Å². The number of carbonyl (C=O) groups excluding carboxylic acids is 2. The van der Waals surface area contributed by atoms with Crippen LogP contribution >= 0.6 is 11.8 Å². The van der Waals surface area contributed by atoms with E-state index in [9.17, 15) is 18.4 Å². The van der Waals surface area contributed by atoms with Crippen LogP contribution in [0.4, 0.5) is 14.5 Å². The fourth-order valence-corrected chi connectivity index (χ4v) is 1.98. The van der Waals surface area contributed by atoms with Gasteiger partial charge in [0.15, 0.2) is 0 Å². The van der Waals surface area contributed by atoms with Crippen LogP contribution in [0.1, 0.15) is 13.8 Å². The predicted octanol–water partition coefficient (Wildman–Crippen LogP) is 2.59. The van der Waals surface area contributed by atoms with Gasteiger partial charge in [0.2, 0.25) is 5.91 Å². The maximum atomic E-state index is 13.4. The average molecular weight is 303 g/mol. The maximum absolute atomic E-state index is 13.4. The fourth-order valence-electron chi connectivity index (χ4n) is 1.30. The molecule has 0 bridgehead atoms. The van der Waals surface area contributed by atoms with Crippen molar-refractivity contribution >= 4 is 29.3 Å². The fraction of sp³-hybridized carbons (Fsp3) is 0.385. The first-order valence-electron chi connectivity index (χ1n) is 5.97. The lowest BCUT2D eigenvalue weighted by molar-refractivity contribution is -0.139. The summed E-state index contributed by atoms with van der Waals surface area (Å²) in [5.41, 5.74) is -0.0972. The van der Waals surface area contributed by atoms with E-state index in [-0.39, 0.29) is 18.0 Å². The third-order valence-electron chi connectivity index (χ3n) is 2.31. The average Bonchev–Trinajstić information content (AvgIpc) is 2.39. The minimum atomic E-state index is -0.846. The van der Waals surface area contributed by atoms with Crippen molar-refractivity contribution in [3.63, 3.8) is 0 Å². The van der Waals surface area contributed by atoms with Gasteiger partial charge in [0.25, 0.3) is 0 Å². The van der Waals surface area contributed by atoms with Crippen LogP contribution < -0.4 is 5.32 Å². The number of benzene rings is 1. The Kier molecular flexibility index (Phi) is 6.44. The first-order valence-corrected chi connectivity index (χ1v) is 7.02. The molecule has 1 amide bonds. The van der Waals surface area contributed by atoms with Crippen LogP contribution in [0.5, 0.6) is 0 Å². The summed E-state index contributed by atoms with van der Waals surface area (Å²) in [5, 5.41) is 1.77. The second kappa shape index (κ2) is 7.84. The van der Waals surface area contributed by atoms with Crippen LogP contribution in [0.2, 0.25) is 0 Å². The number of esters is 1. The normalized spacial score (nSPS) is 11.8. The summed E-state index contributed by atoms with van der Waals surface area (Å²) in [5.74, 6) is -2.41. The van der Waals surface area contributed by atoms with Crippen LogP contribution in [-0.2, 0) is 14.3 Å². The first-order chi connectivity index (χ1) is 9.43. The zero-order chi connectivity index (χ0) is 15.1. The topological polar surface area (TPSA) is 55.4 Å². The van der Waals surface area contributed by atoms with Gasteiger partial charge in [-0.25, -0.2) is 8.78 Å². The number of hydrogen-bond acceptors (Lipinski definition) is 4. The molecule has 0 spiro atoms. The van der Waals surface area contributed by atoms with Crippen molar-refractivity contribution < 1.29 is 23.1 Å². The second-order valence-corrected chi connectivity index (χ2v) is 5.20. The van der Waals surface area contributed by atoms with Crippen molar-refractivity contribution in [1.82, 2.24) is 0 Å². The molecular formula is C13H15F2NO3S. The molecule has 4 nitrogen and oxygen atoms in total. The molecule has 0 aromatic heterocycles. The molecule has 0 heterocycles. The summed E-state index contributed by atoms with van der Waals surface area (Å²) in [6.07, 6.45) is 0. The van der Waals surface area contributed by atoms with Crippen molar-refractivity contribution in [1.29, 1.82) is 0 Å². The molecule has 1 aromatic carbocycles. The molecule has 0 aliphatic heterocycles. The Labute approximate surface area is 119 Å². The highest BCUT2D eigenvalue weighted by atomic mass is 32.2. The maximum Gasteiger partial charge on any atom is 0.315 e. The molecule has 20 heavy (non-hydrogen) atoms. The van der Waals surface area contributed by atoms with Crippen molar-refractivity contribution in [2.75, 3.05) is 17.7 Å². The van der Waals surface area contributed by atoms with E-state index < -0.39 is 28.8 Å². The third-order valence-corrected chi connectivity index (χ3v) is 3.43. The van der Waals surface area contributed by atoms with Gasteiger partial charge in [0.05, 0.1) is 23.3 Å². The molecule has 0 aliphatic rings. The number of ether oxygens (including phenoxy) is 1. The van der Waals surface area contributed by atoms with Crippen molar-refractivity contribution in [2.24, 2.45) is 0 Å². The molecule has 0 saturated carbocycles. The standard InChI is InChI=1S/C13H15F2NO3S/c1-3-19-12(17)7-20-8(2)13(18)16-11-5-4-9(14)6-10(11)15/h4-6,8H,3,7H2,1-2H3,(H,16,18)/t8-/m1/s1. The number of anilines is 1. The number of carbonyl (C=O) groups is 2. The highest BCUT2D eigenvalue weighted by Crippen LogP contribution is 2.18. The quantitative estimate of drug-likeness (QED) is 0.821. The van der Waals surface area contributed by atoms with Gasteiger partial charge in [-0.1, -0.05) is 0 Å². The van der Waals surface area contributed by atoms with E-state index in [4.69, 9.17) is 4.74 Å². The van der Waals surface area contributed by atoms with Crippen LogP contribution in [0.15, 0.2) is 18.2 Å². The smallest absolute Gasteiger partial charge is 0.315 e. The Morgan fingerprint density at radius 3 is 2.70 bits per heavy atom. The molecule has 1 aromatic rings. The molecule has 110 valence electrons. The van der Waals surface area contributed by atoms with Crippen LogP contribution in [0, 0.1) is 11.6 Å². The number of nitrogens with one attached hydrogen (secondary N) is 1. The van der Waals surface area contributed by atoms with Crippen molar-refractivity contribution in [2.45, 2.75) is 19.1 Å². The van der Waals surface area contributed by atoms with Gasteiger partial charge >= 0.3 is 5.97 Å². The number of hydrogen-bond donors (Lipinski definition) is 1. The largest absolute Gasteiger partial charge is 0.465 e. The Hall–Kier alpha value is -1.63. The van der Waals surface area contributed by atoms with Gasteiger partial charge < -0.3 is 10.1 Å². The summed E-state index contributed by atoms with van der Waals surface area (Å²) < 4.78 is 30.8. The second-order valence-electron chi connectivity index (χ2n) is 3.87. The molecule has 0 saturated heterocycles. The van der Waals surface area contributed by atoms with Gasteiger partial charge in [0.1, 0.15) is 11.6 Å². The molecule has 0 fully saturated rings. The van der Waals surface area contributed by atoms with Gasteiger partial charge in [-0.3, -0.25) is 9.59 Å². The van der Waals surface area contributed by atoms with Gasteiger partial charge in [-0.15, -0.1) is 11.8 Å². The number of thioether (sulfide) groups is 1. The Morgan fingerprint density at radius 1 is 1.40 bits per heavy atom. The van der Waals surface area contributed by atoms with E-state index in [1.54, 1.807) is 13.8 Å². The van der Waals surface area contributed by atoms with E-state index in [2.05, 4.69) is 5.32 Å². The molecular weight excluding hydrogens is 288 g/mol. The van der Waals surface area contributed by atoms with Gasteiger partial charge in [-0.05, 0) is 26.0 Å². The monoisotopic (exact) mass is 303 g/mol. The van der Waals surface area contributed by atoms with Crippen LogP contribution in [-0.4, -0.2) is 29.5 Å². The number of halogens is 2. The van der Waals surface area contributed by atoms with Crippen LogP contribution in [0.3, 0.4) is 0 Å². The molecule has 1 atom stereocenters. The minimum absolute atomic E-state index is 0.0360. The molecule has 0 radical (unpaired) electrons. The van der Waals surface area contributed by atoms with E-state index in [0.29, 0.717) is 6.07 Å². The SMILES string of the molecule is CCOC(=O)CS[C@H](C)C(=O)Nc1ccc(F)cc1F. The van der Waals surface area contributed by atoms with Crippen molar-refractivity contribution in [3.05, 3.63) is 29.8 Å². The molecule has 1 N–H and O–H groups in total. The lowest BCUT2D eigenvalue weighted by Crippen LogP contribution is -2.24. The predicted molar refractivity (Wildman–Crippen MR) is 73.5 cm³/mol. The van der Waals surface area contributed by atoms with Gasteiger partial charge in [-0.2, -0.15) is 0 Å². The lowest BCUT2D eigenvalue weighted by atomic mass is 10.3. The zero-order valence-electron chi connectivity index (χ0n) is 11.1. The Bertz CT molecular complexity index is 497. The third kappa shape index (κ3) is 5.16. The van der Waals surface area contributed by atoms with Crippen LogP contribution in [0.25, 0.3) is 0 Å². The summed E-state index contributed by atoms with van der Waals surface area (Å²) >= 11 is 1.08. The number of rotatable bonds is 6. The highest BCUT2D eigenvalue weighted by molar-refractivity contribution is 8.01. The molecule has 7 heteroatoms. The zero-order valence-corrected chi connectivity index (χ0v) is 11.9. The molecule has 0 aliphatic carbocycles. The lowest BCUT2D eigenvalue weighted by Gasteiger charge is -2.12. The van der Waals surface area contributed by atoms with E-state index in [1.165, 1.54) is 0 Å². The van der Waals surface area contributed by atoms with E-state index in [0.717, 1.165) is 23.9 Å². The Morgan fingerprint density at radius 2 is 2.10 bits per heavy atom. The Balaban J connectivity index is 2.51. The summed E-state index contributed by atoms with van der Waals surface area (Å²) in [6.45, 7) is 3.55. The summed E-state index contributed by atoms with van der Waals surface area (Å²) in [7, 11) is 0. The van der Waals surface area contributed by atoms with E-state index >= 15 is 0 Å². The molecule has 0 unspecified atom stereocenters. The molecule has 1 rings (SSSR count). The van der Waals surface area contributed by atoms with E-state index in [1.807, 2.05) is 0 Å². The highest BCUT2D eigenvalue weighted by Gasteiger charge is 2.17. The van der Waals surface area contributed by atoms with Crippen molar-refractivity contribution in [3.8, 4) is 0 Å². The number of amides is 1. The summed E-state index contributed by atoms with van der Waals surface area (Å²) in [4.78, 5) is 22.9. The summed E-state index contributed by atoms with van der Waals surface area (Å²) in [6, 6.07) is 2.88.